The second-order valence-electron chi connectivity index (χ2n) is 7.96. The Labute approximate surface area is 192 Å². The minimum absolute atomic E-state index is 0.430. The van der Waals surface area contributed by atoms with E-state index in [9.17, 15) is 4.79 Å². The summed E-state index contributed by atoms with van der Waals surface area (Å²) in [5.74, 6) is 1.20. The molecule has 0 aliphatic carbocycles. The summed E-state index contributed by atoms with van der Waals surface area (Å²) in [6.45, 7) is 0.630. The molecule has 5 heteroatoms. The van der Waals surface area contributed by atoms with Gasteiger partial charge in [-0.15, -0.1) is 0 Å². The van der Waals surface area contributed by atoms with Crippen molar-refractivity contribution in [2.75, 3.05) is 14.2 Å². The van der Waals surface area contributed by atoms with Gasteiger partial charge in [0.05, 0.1) is 25.3 Å². The van der Waals surface area contributed by atoms with Crippen LogP contribution in [0.2, 0.25) is 0 Å². The smallest absolute Gasteiger partial charge is 0.249 e. The molecule has 4 aromatic carbocycles. The molecule has 0 saturated heterocycles. The lowest BCUT2D eigenvalue weighted by Gasteiger charge is -2.10. The average molecular weight is 437 g/mol. The molecule has 1 heterocycles. The Morgan fingerprint density at radius 2 is 1.52 bits per heavy atom. The number of primary amides is 1. The molecule has 0 atom stereocenters. The number of hydrogen-bond acceptors (Lipinski definition) is 3. The largest absolute Gasteiger partial charge is 0.497 e. The van der Waals surface area contributed by atoms with Crippen LogP contribution in [0, 0.1) is 0 Å². The molecule has 1 aromatic heterocycles. The molecule has 33 heavy (non-hydrogen) atoms. The van der Waals surface area contributed by atoms with Gasteiger partial charge in [-0.2, -0.15) is 0 Å². The summed E-state index contributed by atoms with van der Waals surface area (Å²) in [7, 11) is 3.33. The van der Waals surface area contributed by atoms with E-state index < -0.39 is 5.91 Å². The Hall–Kier alpha value is -4.25. The highest BCUT2D eigenvalue weighted by atomic mass is 16.5. The van der Waals surface area contributed by atoms with Crippen molar-refractivity contribution in [2.45, 2.75) is 6.54 Å². The number of amides is 1. The average Bonchev–Trinajstić information content (AvgIpc) is 3.17. The third-order valence-electron chi connectivity index (χ3n) is 6.05. The fourth-order valence-corrected chi connectivity index (χ4v) is 4.44. The number of nitrogens with two attached hydrogens (primary N) is 1. The fraction of sp³-hybridized carbons (Fsp3) is 0.107. The summed E-state index contributed by atoms with van der Waals surface area (Å²) in [5, 5.41) is 1.88. The molecule has 0 unspecified atom stereocenters. The number of nitrogens with zero attached hydrogens (tertiary/aromatic N) is 1. The maximum atomic E-state index is 12.2. The SMILES string of the molecule is COc1ccc(-c2ccc3c4c(C(N)=O)cccc4n(Cc4cccc(OC)c4)c3c2)cc1. The number of ether oxygens (including phenoxy) is 2. The Kier molecular flexibility index (Phi) is 5.23. The summed E-state index contributed by atoms with van der Waals surface area (Å²) in [6, 6.07) is 28.1. The number of fused-ring (bicyclic) bond motifs is 3. The number of hydrogen-bond donors (Lipinski definition) is 1. The van der Waals surface area contributed by atoms with Gasteiger partial charge in [-0.3, -0.25) is 4.79 Å². The molecule has 0 bridgehead atoms. The van der Waals surface area contributed by atoms with Gasteiger partial charge in [0.25, 0.3) is 0 Å². The highest BCUT2D eigenvalue weighted by molar-refractivity contribution is 6.18. The minimum Gasteiger partial charge on any atom is -0.497 e. The van der Waals surface area contributed by atoms with E-state index in [1.54, 1.807) is 20.3 Å². The molecule has 0 spiro atoms. The zero-order chi connectivity index (χ0) is 22.9. The van der Waals surface area contributed by atoms with E-state index in [2.05, 4.69) is 28.8 Å². The van der Waals surface area contributed by atoms with E-state index >= 15 is 0 Å². The highest BCUT2D eigenvalue weighted by Gasteiger charge is 2.17. The fourth-order valence-electron chi connectivity index (χ4n) is 4.44. The maximum absolute atomic E-state index is 12.2. The standard InChI is InChI=1S/C28H24N2O3/c1-32-21-12-9-19(10-13-21)20-11-14-23-26(16-20)30(17-18-5-3-6-22(15-18)33-2)25-8-4-7-24(27(23)25)28(29)31/h3-16H,17H2,1-2H3,(H2,29,31). The number of carbonyl (C=O) groups excluding carboxylic acids is 1. The van der Waals surface area contributed by atoms with Gasteiger partial charge in [0, 0.05) is 22.9 Å². The first-order valence-electron chi connectivity index (χ1n) is 10.7. The predicted octanol–water partition coefficient (Wildman–Crippen LogP) is 5.63. The number of carbonyl (C=O) groups is 1. The van der Waals surface area contributed by atoms with Crippen LogP contribution < -0.4 is 15.2 Å². The van der Waals surface area contributed by atoms with Gasteiger partial charge in [0.2, 0.25) is 5.91 Å². The van der Waals surface area contributed by atoms with Gasteiger partial charge in [0.1, 0.15) is 11.5 Å². The molecule has 5 nitrogen and oxygen atoms in total. The molecule has 0 saturated carbocycles. The second-order valence-corrected chi connectivity index (χ2v) is 7.96. The molecular formula is C28H24N2O3. The summed E-state index contributed by atoms with van der Waals surface area (Å²) < 4.78 is 12.9. The van der Waals surface area contributed by atoms with Crippen molar-refractivity contribution in [2.24, 2.45) is 5.73 Å². The van der Waals surface area contributed by atoms with Crippen LogP contribution in [-0.2, 0) is 6.54 Å². The third kappa shape index (κ3) is 3.68. The first kappa shape index (κ1) is 20.6. The third-order valence-corrected chi connectivity index (χ3v) is 6.05. The maximum Gasteiger partial charge on any atom is 0.249 e. The van der Waals surface area contributed by atoms with E-state index in [1.807, 2.05) is 54.6 Å². The molecule has 2 N–H and O–H groups in total. The number of rotatable bonds is 6. The summed E-state index contributed by atoms with van der Waals surface area (Å²) in [5.41, 5.74) is 11.6. The van der Waals surface area contributed by atoms with Crippen molar-refractivity contribution in [3.05, 3.63) is 96.1 Å². The lowest BCUT2D eigenvalue weighted by Crippen LogP contribution is -2.11. The zero-order valence-electron chi connectivity index (χ0n) is 18.5. The number of benzene rings is 4. The van der Waals surface area contributed by atoms with E-state index in [4.69, 9.17) is 15.2 Å². The molecular weight excluding hydrogens is 412 g/mol. The van der Waals surface area contributed by atoms with E-state index in [0.717, 1.165) is 50.0 Å². The number of methoxy groups -OCH3 is 2. The van der Waals surface area contributed by atoms with Crippen molar-refractivity contribution in [3.63, 3.8) is 0 Å². The summed E-state index contributed by atoms with van der Waals surface area (Å²) in [6.07, 6.45) is 0. The van der Waals surface area contributed by atoms with Crippen LogP contribution in [-0.4, -0.2) is 24.7 Å². The van der Waals surface area contributed by atoms with Crippen molar-refractivity contribution in [1.29, 1.82) is 0 Å². The van der Waals surface area contributed by atoms with Crippen LogP contribution >= 0.6 is 0 Å². The Morgan fingerprint density at radius 3 is 2.24 bits per heavy atom. The predicted molar refractivity (Wildman–Crippen MR) is 132 cm³/mol. The van der Waals surface area contributed by atoms with Crippen LogP contribution in [0.4, 0.5) is 0 Å². The normalized spacial score (nSPS) is 11.1. The van der Waals surface area contributed by atoms with Crippen LogP contribution in [0.15, 0.2) is 84.9 Å². The molecule has 5 aromatic rings. The molecule has 1 amide bonds. The second kappa shape index (κ2) is 8.36. The molecule has 5 rings (SSSR count). The monoisotopic (exact) mass is 436 g/mol. The molecule has 0 aliphatic heterocycles. The van der Waals surface area contributed by atoms with Crippen molar-refractivity contribution in [3.8, 4) is 22.6 Å². The van der Waals surface area contributed by atoms with E-state index in [0.29, 0.717) is 12.1 Å². The van der Waals surface area contributed by atoms with Crippen LogP contribution in [0.25, 0.3) is 32.9 Å². The Morgan fingerprint density at radius 1 is 0.788 bits per heavy atom. The first-order valence-corrected chi connectivity index (χ1v) is 10.7. The van der Waals surface area contributed by atoms with Gasteiger partial charge in [-0.25, -0.2) is 0 Å². The van der Waals surface area contributed by atoms with Gasteiger partial charge >= 0.3 is 0 Å². The van der Waals surface area contributed by atoms with Crippen molar-refractivity contribution in [1.82, 2.24) is 4.57 Å². The van der Waals surface area contributed by atoms with Gasteiger partial charge in [-0.05, 0) is 59.2 Å². The Bertz CT molecular complexity index is 1480. The topological polar surface area (TPSA) is 66.5 Å². The highest BCUT2D eigenvalue weighted by Crippen LogP contribution is 2.35. The van der Waals surface area contributed by atoms with Gasteiger partial charge < -0.3 is 19.8 Å². The van der Waals surface area contributed by atoms with Crippen LogP contribution in [0.3, 0.4) is 0 Å². The quantitative estimate of drug-likeness (QED) is 0.375. The minimum atomic E-state index is -0.430. The van der Waals surface area contributed by atoms with Crippen LogP contribution in [0.5, 0.6) is 11.5 Å². The molecule has 0 radical (unpaired) electrons. The Balaban J connectivity index is 1.75. The lowest BCUT2D eigenvalue weighted by molar-refractivity contribution is 0.100. The van der Waals surface area contributed by atoms with E-state index in [-0.39, 0.29) is 0 Å². The zero-order valence-corrected chi connectivity index (χ0v) is 18.5. The van der Waals surface area contributed by atoms with Crippen molar-refractivity contribution >= 4 is 27.7 Å². The summed E-state index contributed by atoms with van der Waals surface area (Å²) in [4.78, 5) is 12.2. The van der Waals surface area contributed by atoms with Gasteiger partial charge in [0.15, 0.2) is 0 Å². The van der Waals surface area contributed by atoms with Crippen LogP contribution in [0.1, 0.15) is 15.9 Å². The van der Waals surface area contributed by atoms with E-state index in [1.165, 1.54) is 0 Å². The molecule has 0 aliphatic rings. The van der Waals surface area contributed by atoms with Gasteiger partial charge in [-0.1, -0.05) is 42.5 Å². The summed E-state index contributed by atoms with van der Waals surface area (Å²) >= 11 is 0. The lowest BCUT2D eigenvalue weighted by atomic mass is 10.0. The molecule has 164 valence electrons. The first-order chi connectivity index (χ1) is 16.1. The number of aromatic nitrogens is 1. The van der Waals surface area contributed by atoms with Crippen molar-refractivity contribution < 1.29 is 14.3 Å². The molecule has 0 fully saturated rings.